The van der Waals surface area contributed by atoms with E-state index in [1.54, 1.807) is 6.33 Å². The largest absolute Gasteiger partial charge is 0.439 e. The molecular formula is C32H32N8O2. The first-order valence-electron chi connectivity index (χ1n) is 14.2. The van der Waals surface area contributed by atoms with Crippen molar-refractivity contribution in [2.24, 2.45) is 7.05 Å². The molecule has 0 radical (unpaired) electrons. The summed E-state index contributed by atoms with van der Waals surface area (Å²) in [5.74, 6) is 2.04. The van der Waals surface area contributed by atoms with Gasteiger partial charge in [-0.2, -0.15) is 5.10 Å². The Morgan fingerprint density at radius 1 is 1.21 bits per heavy atom. The first kappa shape index (κ1) is 25.9. The Kier molecular flexibility index (Phi) is 6.26. The fourth-order valence-corrected chi connectivity index (χ4v) is 6.43. The van der Waals surface area contributed by atoms with Crippen LogP contribution in [0, 0.1) is 6.92 Å². The van der Waals surface area contributed by atoms with E-state index in [-0.39, 0.29) is 18.0 Å². The summed E-state index contributed by atoms with van der Waals surface area (Å²) in [5, 5.41) is 9.32. The lowest BCUT2D eigenvalue weighted by Gasteiger charge is -2.38. The fourth-order valence-electron chi connectivity index (χ4n) is 6.43. The molecule has 1 saturated heterocycles. The fraction of sp³-hybridized carbons (Fsp3) is 0.281. The molecule has 0 bridgehead atoms. The molecule has 1 aromatic carbocycles. The van der Waals surface area contributed by atoms with Gasteiger partial charge in [0.05, 0.1) is 29.4 Å². The number of fused-ring (bicyclic) bond motifs is 2. The highest BCUT2D eigenvalue weighted by molar-refractivity contribution is 6.09. The standard InChI is InChI=1S/C32H32N8O2/c1-5-27(41)39-13-7-9-25(20(39)3)40-17-22(16-36-40)30-28-24-12-11-23(42-26-10-6-8-19(2)37-26)14-21(24)15-33-31-29(28)32(38(30)4)35-18-34-31/h5-6,8,10-12,14,16-18,20,25H,1,7,9,13,15H2,2-4H3,(H,33,34,35). The number of aromatic nitrogens is 6. The Bertz CT molecular complexity index is 1850. The number of rotatable bonds is 5. The van der Waals surface area contributed by atoms with Crippen LogP contribution in [0.1, 0.15) is 37.1 Å². The van der Waals surface area contributed by atoms with Crippen LogP contribution in [0.5, 0.6) is 11.6 Å². The molecule has 1 amide bonds. The van der Waals surface area contributed by atoms with Crippen molar-refractivity contribution >= 4 is 22.8 Å². The van der Waals surface area contributed by atoms with Crippen molar-refractivity contribution in [3.05, 3.63) is 79.0 Å². The third kappa shape index (κ3) is 4.22. The van der Waals surface area contributed by atoms with Gasteiger partial charge in [-0.1, -0.05) is 18.7 Å². The lowest BCUT2D eigenvalue weighted by atomic mass is 9.96. The van der Waals surface area contributed by atoms with Crippen LogP contribution in [0.25, 0.3) is 33.4 Å². The van der Waals surface area contributed by atoms with E-state index in [1.807, 2.05) is 54.0 Å². The molecule has 212 valence electrons. The van der Waals surface area contributed by atoms with Crippen LogP contribution in [-0.2, 0) is 18.4 Å². The van der Waals surface area contributed by atoms with Gasteiger partial charge in [0, 0.05) is 49.2 Å². The molecule has 6 heterocycles. The van der Waals surface area contributed by atoms with E-state index in [0.717, 1.165) is 75.6 Å². The molecule has 0 spiro atoms. The topological polar surface area (TPSA) is 103 Å². The molecule has 10 nitrogen and oxygen atoms in total. The highest BCUT2D eigenvalue weighted by atomic mass is 16.5. The number of piperidine rings is 1. The van der Waals surface area contributed by atoms with Crippen LogP contribution >= 0.6 is 0 Å². The molecule has 1 fully saturated rings. The van der Waals surface area contributed by atoms with Crippen LogP contribution in [0.3, 0.4) is 0 Å². The summed E-state index contributed by atoms with van der Waals surface area (Å²) in [7, 11) is 2.03. The first-order valence-corrected chi connectivity index (χ1v) is 14.2. The van der Waals surface area contributed by atoms with Gasteiger partial charge in [-0.15, -0.1) is 0 Å². The van der Waals surface area contributed by atoms with Crippen molar-refractivity contribution in [1.82, 2.24) is 34.2 Å². The SMILES string of the molecule is C=CC(=O)N1CCCC(n2cc(-c3c4c5c(ncnc5n3C)NCc3cc(Oc5cccc(C)n5)ccc3-4)cn2)C1C. The average molecular weight is 561 g/mol. The summed E-state index contributed by atoms with van der Waals surface area (Å²) >= 11 is 0. The summed E-state index contributed by atoms with van der Waals surface area (Å²) in [6.45, 7) is 9.05. The summed E-state index contributed by atoms with van der Waals surface area (Å²) in [5.41, 5.74) is 6.96. The minimum Gasteiger partial charge on any atom is -0.439 e. The molecule has 2 aliphatic heterocycles. The number of carbonyl (C=O) groups excluding carboxylic acids is 1. The van der Waals surface area contributed by atoms with E-state index >= 15 is 0 Å². The molecule has 2 atom stereocenters. The maximum absolute atomic E-state index is 12.5. The summed E-state index contributed by atoms with van der Waals surface area (Å²) < 4.78 is 10.3. The van der Waals surface area contributed by atoms with Gasteiger partial charge in [-0.25, -0.2) is 15.0 Å². The number of benzene rings is 1. The second-order valence-electron chi connectivity index (χ2n) is 11.0. The summed E-state index contributed by atoms with van der Waals surface area (Å²) in [6.07, 6.45) is 8.88. The number of ether oxygens (including phenoxy) is 1. The Morgan fingerprint density at radius 2 is 2.10 bits per heavy atom. The van der Waals surface area contributed by atoms with Gasteiger partial charge >= 0.3 is 0 Å². The van der Waals surface area contributed by atoms with E-state index in [2.05, 4.69) is 56.7 Å². The number of pyridine rings is 1. The zero-order valence-corrected chi connectivity index (χ0v) is 23.9. The molecule has 2 unspecified atom stereocenters. The molecule has 5 aromatic rings. The monoisotopic (exact) mass is 560 g/mol. The van der Waals surface area contributed by atoms with Gasteiger partial charge < -0.3 is 19.5 Å². The predicted molar refractivity (Wildman–Crippen MR) is 161 cm³/mol. The van der Waals surface area contributed by atoms with Crippen molar-refractivity contribution in [1.29, 1.82) is 0 Å². The number of likely N-dealkylation sites (tertiary alicyclic amines) is 1. The van der Waals surface area contributed by atoms with Crippen molar-refractivity contribution in [3.8, 4) is 34.0 Å². The predicted octanol–water partition coefficient (Wildman–Crippen LogP) is 5.66. The summed E-state index contributed by atoms with van der Waals surface area (Å²) in [6, 6.07) is 12.0. The molecule has 4 aromatic heterocycles. The average Bonchev–Trinajstić information content (AvgIpc) is 3.54. The molecule has 1 N–H and O–H groups in total. The second kappa shape index (κ2) is 10.1. The Labute approximate surface area is 243 Å². The number of anilines is 1. The zero-order valence-electron chi connectivity index (χ0n) is 23.9. The Hall–Kier alpha value is -4.99. The number of aryl methyl sites for hydroxylation is 2. The van der Waals surface area contributed by atoms with E-state index in [4.69, 9.17) is 9.84 Å². The normalized spacial score (nSPS) is 17.8. The van der Waals surface area contributed by atoms with E-state index in [0.29, 0.717) is 12.4 Å². The van der Waals surface area contributed by atoms with Gasteiger partial charge in [-0.05, 0) is 62.1 Å². The molecule has 42 heavy (non-hydrogen) atoms. The third-order valence-corrected chi connectivity index (χ3v) is 8.46. The number of nitrogens with zero attached hydrogens (tertiary/aromatic N) is 7. The second-order valence-corrected chi connectivity index (χ2v) is 11.0. The smallest absolute Gasteiger partial charge is 0.246 e. The van der Waals surface area contributed by atoms with Gasteiger partial charge in [0.25, 0.3) is 0 Å². The van der Waals surface area contributed by atoms with Crippen LogP contribution < -0.4 is 10.1 Å². The lowest BCUT2D eigenvalue weighted by Crippen LogP contribution is -2.46. The number of nitrogens with one attached hydrogen (secondary N) is 1. The van der Waals surface area contributed by atoms with Gasteiger partial charge in [0.1, 0.15) is 23.5 Å². The molecule has 2 aliphatic rings. The minimum absolute atomic E-state index is 0.00902. The highest BCUT2D eigenvalue weighted by Gasteiger charge is 2.33. The maximum Gasteiger partial charge on any atom is 0.246 e. The van der Waals surface area contributed by atoms with Crippen molar-refractivity contribution in [2.45, 2.75) is 45.3 Å². The number of amides is 1. The van der Waals surface area contributed by atoms with Gasteiger partial charge in [0.2, 0.25) is 11.8 Å². The summed E-state index contributed by atoms with van der Waals surface area (Å²) in [4.78, 5) is 28.1. The van der Waals surface area contributed by atoms with Crippen LogP contribution in [0.15, 0.2) is 67.8 Å². The zero-order chi connectivity index (χ0) is 29.0. The third-order valence-electron chi connectivity index (χ3n) is 8.46. The lowest BCUT2D eigenvalue weighted by molar-refractivity contribution is -0.130. The van der Waals surface area contributed by atoms with Crippen LogP contribution in [0.2, 0.25) is 0 Å². The van der Waals surface area contributed by atoms with E-state index in [9.17, 15) is 4.79 Å². The van der Waals surface area contributed by atoms with Crippen molar-refractivity contribution < 1.29 is 9.53 Å². The quantitative estimate of drug-likeness (QED) is 0.277. The minimum atomic E-state index is -0.0364. The van der Waals surface area contributed by atoms with Crippen LogP contribution in [0.4, 0.5) is 5.82 Å². The molecule has 0 saturated carbocycles. The van der Waals surface area contributed by atoms with E-state index in [1.165, 1.54) is 6.08 Å². The van der Waals surface area contributed by atoms with E-state index < -0.39 is 0 Å². The molecule has 7 rings (SSSR count). The number of hydrogen-bond acceptors (Lipinski definition) is 7. The number of hydrogen-bond donors (Lipinski definition) is 1. The van der Waals surface area contributed by atoms with Gasteiger partial charge in [-0.3, -0.25) is 9.48 Å². The molecule has 10 heteroatoms. The first-order chi connectivity index (χ1) is 20.4. The number of carbonyl (C=O) groups is 1. The van der Waals surface area contributed by atoms with Crippen LogP contribution in [-0.4, -0.2) is 52.7 Å². The van der Waals surface area contributed by atoms with Crippen molar-refractivity contribution in [2.75, 3.05) is 11.9 Å². The molecular weight excluding hydrogens is 528 g/mol. The van der Waals surface area contributed by atoms with Crippen molar-refractivity contribution in [3.63, 3.8) is 0 Å². The highest BCUT2D eigenvalue weighted by Crippen LogP contribution is 2.46. The maximum atomic E-state index is 12.5. The Balaban J connectivity index is 1.32. The molecule has 0 aliphatic carbocycles. The Morgan fingerprint density at radius 3 is 2.93 bits per heavy atom. The van der Waals surface area contributed by atoms with Gasteiger partial charge in [0.15, 0.2) is 0 Å².